The molecule has 6 nitrogen and oxygen atoms in total. The average molecular weight is 232 g/mol. The minimum Gasteiger partial charge on any atom is -2.00 e. The minimum atomic E-state index is 0. The van der Waals surface area contributed by atoms with Gasteiger partial charge in [-0.1, -0.05) is 0 Å². The van der Waals surface area contributed by atoms with Crippen molar-refractivity contribution in [2.24, 2.45) is 0 Å². The molecule has 0 heterocycles. The van der Waals surface area contributed by atoms with Gasteiger partial charge in [0.25, 0.3) is 0 Å². The predicted molar refractivity (Wildman–Crippen MR) is 34.6 cm³/mol. The Morgan fingerprint density at radius 1 is 0.692 bits per heavy atom. The smallest absolute Gasteiger partial charge is 2.00 e. The van der Waals surface area contributed by atoms with Crippen molar-refractivity contribution in [3.05, 3.63) is 0 Å². The summed E-state index contributed by atoms with van der Waals surface area (Å²) in [5.74, 6) is 0. The maximum Gasteiger partial charge on any atom is 6.00 e. The maximum absolute atomic E-state index is 4.02. The first-order valence-corrected chi connectivity index (χ1v) is 3.47. The molecule has 7 heteroatoms. The van der Waals surface area contributed by atoms with Crippen LogP contribution in [0.1, 0.15) is 25.7 Å². The Morgan fingerprint density at radius 3 is 1.08 bits per heavy atom. The molecule has 0 aromatic rings. The van der Waals surface area contributed by atoms with Crippen molar-refractivity contribution < 1.29 is 50.7 Å². The number of rotatable bonds is 0. The van der Waals surface area contributed by atoms with Crippen molar-refractivity contribution in [2.75, 3.05) is 0 Å². The molecule has 1 saturated carbocycles. The molecule has 80 valence electrons. The molecule has 0 spiro atoms. The fourth-order valence-electron chi connectivity index (χ4n) is 1.28. The second-order valence-electron chi connectivity index (χ2n) is 2.80. The maximum atomic E-state index is 4.02. The standard InChI is InChI=1S/C6H14N2.Cr.4O/c7-5-3-1-2-4-6(5)8;;;;;/h5-6H,1-4,7-8H2;;;;;/q;+6;4*-2/p+2/t5-,6-;;;;;/m1...../s1. The number of hydrogen-bond donors (Lipinski definition) is 2. The quantitative estimate of drug-likeness (QED) is 0.485. The monoisotopic (exact) mass is 232 g/mol. The van der Waals surface area contributed by atoms with Gasteiger partial charge in [0.15, 0.2) is 0 Å². The second kappa shape index (κ2) is 14.8. The van der Waals surface area contributed by atoms with E-state index < -0.39 is 0 Å². The van der Waals surface area contributed by atoms with E-state index in [1.54, 1.807) is 0 Å². The molecule has 2 atom stereocenters. The summed E-state index contributed by atoms with van der Waals surface area (Å²) in [6.07, 6.45) is 5.35. The van der Waals surface area contributed by atoms with E-state index in [4.69, 9.17) is 0 Å². The van der Waals surface area contributed by atoms with Crippen LogP contribution in [0.5, 0.6) is 0 Å². The van der Waals surface area contributed by atoms with Crippen molar-refractivity contribution >= 4 is 0 Å². The van der Waals surface area contributed by atoms with E-state index in [0.717, 1.165) is 0 Å². The Hall–Kier alpha value is 0.292. The molecule has 0 saturated heterocycles. The van der Waals surface area contributed by atoms with Gasteiger partial charge in [0, 0.05) is 12.8 Å². The summed E-state index contributed by atoms with van der Waals surface area (Å²) in [4.78, 5) is 0. The van der Waals surface area contributed by atoms with E-state index >= 15 is 0 Å². The summed E-state index contributed by atoms with van der Waals surface area (Å²) in [6, 6.07) is 1.28. The molecule has 1 rings (SSSR count). The van der Waals surface area contributed by atoms with Gasteiger partial charge in [-0.05, 0) is 12.8 Å². The molecule has 13 heavy (non-hydrogen) atoms. The van der Waals surface area contributed by atoms with Crippen LogP contribution >= 0.6 is 0 Å². The summed E-state index contributed by atoms with van der Waals surface area (Å²) in [5, 5.41) is 0. The molecule has 0 aromatic carbocycles. The third-order valence-electron chi connectivity index (χ3n) is 2.07. The van der Waals surface area contributed by atoms with Crippen molar-refractivity contribution in [3.8, 4) is 0 Å². The van der Waals surface area contributed by atoms with Crippen molar-refractivity contribution in [3.63, 3.8) is 0 Å². The van der Waals surface area contributed by atoms with Gasteiger partial charge < -0.3 is 33.4 Å². The van der Waals surface area contributed by atoms with E-state index in [2.05, 4.69) is 11.5 Å². The van der Waals surface area contributed by atoms with Gasteiger partial charge in [-0.25, -0.2) is 0 Å². The Balaban J connectivity index is -0.0000000427. The van der Waals surface area contributed by atoms with Crippen LogP contribution in [0.25, 0.3) is 0 Å². The van der Waals surface area contributed by atoms with Crippen LogP contribution < -0.4 is 11.5 Å². The molecule has 0 unspecified atom stereocenters. The van der Waals surface area contributed by atoms with Crippen molar-refractivity contribution in [1.82, 2.24) is 0 Å². The van der Waals surface area contributed by atoms with E-state index in [1.807, 2.05) is 0 Å². The molecule has 0 amide bonds. The molecule has 1 aliphatic carbocycles. The van der Waals surface area contributed by atoms with Crippen LogP contribution in [0.15, 0.2) is 0 Å². The molecule has 0 radical (unpaired) electrons. The summed E-state index contributed by atoms with van der Waals surface area (Å²) < 4.78 is 0. The van der Waals surface area contributed by atoms with Gasteiger partial charge in [-0.3, -0.25) is 0 Å². The summed E-state index contributed by atoms with van der Waals surface area (Å²) in [7, 11) is 0. The second-order valence-corrected chi connectivity index (χ2v) is 2.80. The SMILES string of the molecule is [Cr+6].[NH3+][C@@H]1CCCC[C@H]1[NH3+].[O-2].[O-2].[O-2].[O-2]. The third kappa shape index (κ3) is 10.2. The van der Waals surface area contributed by atoms with E-state index in [-0.39, 0.29) is 39.3 Å². The van der Waals surface area contributed by atoms with E-state index in [1.165, 1.54) is 25.7 Å². The molecule has 0 aromatic heterocycles. The fourth-order valence-corrected chi connectivity index (χ4v) is 1.28. The van der Waals surface area contributed by atoms with Crippen LogP contribution in [-0.4, -0.2) is 12.1 Å². The van der Waals surface area contributed by atoms with Crippen molar-refractivity contribution in [1.29, 1.82) is 0 Å². The van der Waals surface area contributed by atoms with Crippen molar-refractivity contribution in [2.45, 2.75) is 37.8 Å². The molecule has 1 fully saturated rings. The van der Waals surface area contributed by atoms with Gasteiger partial charge in [0.1, 0.15) is 12.1 Å². The third-order valence-corrected chi connectivity index (χ3v) is 2.07. The van der Waals surface area contributed by atoms with Crippen LogP contribution in [0, 0.1) is 0 Å². The molecular weight excluding hydrogens is 216 g/mol. The van der Waals surface area contributed by atoms with Gasteiger partial charge in [0.2, 0.25) is 0 Å². The molecular formula is C6H16CrN2O4. The largest absolute Gasteiger partial charge is 6.00 e. The normalized spacial score (nSPS) is 24.5. The Bertz CT molecular complexity index is 79.0. The van der Waals surface area contributed by atoms with Gasteiger partial charge in [-0.2, -0.15) is 0 Å². The predicted octanol–water partition coefficient (Wildman–Crippen LogP) is -1.70. The van der Waals surface area contributed by atoms with E-state index in [0.29, 0.717) is 12.1 Å². The zero-order chi connectivity index (χ0) is 5.98. The van der Waals surface area contributed by atoms with Crippen LogP contribution in [0.3, 0.4) is 0 Å². The molecule has 6 N–H and O–H groups in total. The summed E-state index contributed by atoms with van der Waals surface area (Å²) in [6.45, 7) is 0. The zero-order valence-electron chi connectivity index (χ0n) is 7.44. The minimum absolute atomic E-state index is 0. The first kappa shape index (κ1) is 29.2. The number of hydrogen-bond acceptors (Lipinski definition) is 0. The summed E-state index contributed by atoms with van der Waals surface area (Å²) >= 11 is 0. The molecule has 0 aliphatic heterocycles. The topological polar surface area (TPSA) is 169 Å². The zero-order valence-corrected chi connectivity index (χ0v) is 8.71. The van der Waals surface area contributed by atoms with Gasteiger partial charge in [0.05, 0.1) is 0 Å². The van der Waals surface area contributed by atoms with E-state index in [9.17, 15) is 0 Å². The first-order chi connectivity index (χ1) is 3.80. The Kier molecular flexibility index (Phi) is 33.2. The average Bonchev–Trinajstić information content (AvgIpc) is 1.77. The number of quaternary nitrogens is 2. The fraction of sp³-hybridized carbons (Fsp3) is 1.00. The molecule has 0 bridgehead atoms. The molecule has 1 aliphatic rings. The summed E-state index contributed by atoms with van der Waals surface area (Å²) in [5.41, 5.74) is 8.03. The van der Waals surface area contributed by atoms with Crippen LogP contribution in [0.4, 0.5) is 0 Å². The van der Waals surface area contributed by atoms with Gasteiger partial charge in [-0.15, -0.1) is 0 Å². The van der Waals surface area contributed by atoms with Crippen LogP contribution in [-0.2, 0) is 39.3 Å². The Labute approximate surface area is 89.0 Å². The van der Waals surface area contributed by atoms with Gasteiger partial charge >= 0.3 is 17.4 Å². The first-order valence-electron chi connectivity index (χ1n) is 3.47. The van der Waals surface area contributed by atoms with Crippen LogP contribution in [0.2, 0.25) is 0 Å². The Morgan fingerprint density at radius 2 is 0.923 bits per heavy atom.